The highest BCUT2D eigenvalue weighted by atomic mass is 35.5. The van der Waals surface area contributed by atoms with Crippen molar-refractivity contribution in [2.45, 2.75) is 13.0 Å². The molecule has 2 aromatic rings. The average molecular weight is 393 g/mol. The van der Waals surface area contributed by atoms with E-state index in [1.165, 1.54) is 0 Å². The van der Waals surface area contributed by atoms with Crippen LogP contribution in [-0.2, 0) is 16.1 Å². The zero-order valence-electron chi connectivity index (χ0n) is 14.8. The molecule has 8 heteroatoms. The van der Waals surface area contributed by atoms with Crippen LogP contribution >= 0.6 is 11.6 Å². The van der Waals surface area contributed by atoms with Gasteiger partial charge in [0, 0.05) is 24.5 Å². The molecule has 0 bridgehead atoms. The Morgan fingerprint density at radius 1 is 1.19 bits per heavy atom. The summed E-state index contributed by atoms with van der Waals surface area (Å²) < 4.78 is 10.4. The number of anilines is 1. The standard InChI is InChI=1S/C19H21ClN2O5/c1-26-17-6-5-14(20)10-16(17)21-8-7-18(23)22-11-13-3-2-4-15(9-13)27-12-19(24)25/h2-6,9-10,21H,7-8,11-12H2,1H3,(H,22,23)(H,24,25). The molecule has 0 aliphatic rings. The molecule has 0 radical (unpaired) electrons. The number of benzene rings is 2. The van der Waals surface area contributed by atoms with Gasteiger partial charge in [-0.2, -0.15) is 0 Å². The van der Waals surface area contributed by atoms with E-state index in [0.717, 1.165) is 11.3 Å². The van der Waals surface area contributed by atoms with Crippen LogP contribution in [0.25, 0.3) is 0 Å². The first-order valence-corrected chi connectivity index (χ1v) is 8.63. The Hall–Kier alpha value is -2.93. The van der Waals surface area contributed by atoms with Gasteiger partial charge in [-0.05, 0) is 35.9 Å². The van der Waals surface area contributed by atoms with Gasteiger partial charge in [-0.1, -0.05) is 23.7 Å². The Kier molecular flexibility index (Phi) is 7.76. The largest absolute Gasteiger partial charge is 0.495 e. The number of amides is 1. The number of rotatable bonds is 10. The molecule has 0 aromatic heterocycles. The maximum Gasteiger partial charge on any atom is 0.341 e. The van der Waals surface area contributed by atoms with Crippen molar-refractivity contribution in [3.8, 4) is 11.5 Å². The number of carbonyl (C=O) groups is 2. The van der Waals surface area contributed by atoms with Crippen molar-refractivity contribution in [2.24, 2.45) is 0 Å². The number of methoxy groups -OCH3 is 1. The third-order valence-electron chi connectivity index (χ3n) is 3.58. The van der Waals surface area contributed by atoms with Crippen LogP contribution in [0.3, 0.4) is 0 Å². The maximum atomic E-state index is 12.0. The van der Waals surface area contributed by atoms with Crippen molar-refractivity contribution >= 4 is 29.2 Å². The van der Waals surface area contributed by atoms with Gasteiger partial charge in [0.15, 0.2) is 6.61 Å². The van der Waals surface area contributed by atoms with Crippen LogP contribution in [0.1, 0.15) is 12.0 Å². The molecule has 0 atom stereocenters. The van der Waals surface area contributed by atoms with Gasteiger partial charge in [0.2, 0.25) is 5.91 Å². The van der Waals surface area contributed by atoms with E-state index < -0.39 is 12.6 Å². The molecule has 2 rings (SSSR count). The van der Waals surface area contributed by atoms with Crippen molar-refractivity contribution < 1.29 is 24.2 Å². The Balaban J connectivity index is 1.77. The fourth-order valence-corrected chi connectivity index (χ4v) is 2.48. The number of halogens is 1. The SMILES string of the molecule is COc1ccc(Cl)cc1NCCC(=O)NCc1cccc(OCC(=O)O)c1. The van der Waals surface area contributed by atoms with Crippen LogP contribution in [0, 0.1) is 0 Å². The summed E-state index contributed by atoms with van der Waals surface area (Å²) in [4.78, 5) is 22.5. The number of carboxylic acid groups (broad SMARTS) is 1. The molecule has 27 heavy (non-hydrogen) atoms. The highest BCUT2D eigenvalue weighted by molar-refractivity contribution is 6.30. The molecule has 0 heterocycles. The van der Waals surface area contributed by atoms with E-state index in [0.29, 0.717) is 29.6 Å². The lowest BCUT2D eigenvalue weighted by Crippen LogP contribution is -2.25. The first kappa shape index (κ1) is 20.4. The molecule has 0 unspecified atom stereocenters. The van der Waals surface area contributed by atoms with Crippen LogP contribution in [0.15, 0.2) is 42.5 Å². The Morgan fingerprint density at radius 2 is 2.00 bits per heavy atom. The molecule has 0 saturated carbocycles. The van der Waals surface area contributed by atoms with Crippen LogP contribution in [-0.4, -0.2) is 37.2 Å². The Morgan fingerprint density at radius 3 is 2.74 bits per heavy atom. The number of aliphatic carboxylic acids is 1. The summed E-state index contributed by atoms with van der Waals surface area (Å²) in [5.74, 6) is -0.0743. The molecule has 0 aliphatic heterocycles. The van der Waals surface area contributed by atoms with E-state index in [1.54, 1.807) is 43.5 Å². The molecular weight excluding hydrogens is 372 g/mol. The lowest BCUT2D eigenvalue weighted by atomic mass is 10.2. The van der Waals surface area contributed by atoms with Gasteiger partial charge in [0.1, 0.15) is 11.5 Å². The third-order valence-corrected chi connectivity index (χ3v) is 3.81. The number of carboxylic acids is 1. The van der Waals surface area contributed by atoms with Gasteiger partial charge < -0.3 is 25.2 Å². The Labute approximate surface area is 162 Å². The van der Waals surface area contributed by atoms with Gasteiger partial charge in [-0.3, -0.25) is 4.79 Å². The summed E-state index contributed by atoms with van der Waals surface area (Å²) in [6.45, 7) is 0.336. The van der Waals surface area contributed by atoms with Crippen molar-refractivity contribution in [1.82, 2.24) is 5.32 Å². The maximum absolute atomic E-state index is 12.0. The van der Waals surface area contributed by atoms with Crippen molar-refractivity contribution in [2.75, 3.05) is 25.6 Å². The molecule has 0 fully saturated rings. The fourth-order valence-electron chi connectivity index (χ4n) is 2.31. The van der Waals surface area contributed by atoms with Gasteiger partial charge in [-0.15, -0.1) is 0 Å². The molecule has 7 nitrogen and oxygen atoms in total. The molecule has 3 N–H and O–H groups in total. The first-order chi connectivity index (χ1) is 13.0. The fraction of sp³-hybridized carbons (Fsp3) is 0.263. The normalized spacial score (nSPS) is 10.1. The topological polar surface area (TPSA) is 96.9 Å². The summed E-state index contributed by atoms with van der Waals surface area (Å²) >= 11 is 5.97. The zero-order chi connectivity index (χ0) is 19.6. The van der Waals surface area contributed by atoms with Crippen LogP contribution < -0.4 is 20.1 Å². The van der Waals surface area contributed by atoms with Crippen LogP contribution in [0.5, 0.6) is 11.5 Å². The van der Waals surface area contributed by atoms with Gasteiger partial charge in [0.05, 0.1) is 12.8 Å². The number of hydrogen-bond acceptors (Lipinski definition) is 5. The lowest BCUT2D eigenvalue weighted by molar-refractivity contribution is -0.139. The quantitative estimate of drug-likeness (QED) is 0.575. The molecule has 0 saturated heterocycles. The van der Waals surface area contributed by atoms with Gasteiger partial charge >= 0.3 is 5.97 Å². The summed E-state index contributed by atoms with van der Waals surface area (Å²) in [7, 11) is 1.56. The molecule has 144 valence electrons. The number of carbonyl (C=O) groups excluding carboxylic acids is 1. The number of hydrogen-bond donors (Lipinski definition) is 3. The summed E-state index contributed by atoms with van der Waals surface area (Å²) in [5, 5.41) is 15.1. The molecular formula is C19H21ClN2O5. The second kappa shape index (κ2) is 10.3. The zero-order valence-corrected chi connectivity index (χ0v) is 15.6. The molecule has 2 aromatic carbocycles. The van der Waals surface area contributed by atoms with E-state index in [9.17, 15) is 9.59 Å². The van der Waals surface area contributed by atoms with Crippen molar-refractivity contribution in [3.63, 3.8) is 0 Å². The lowest BCUT2D eigenvalue weighted by Gasteiger charge is -2.12. The van der Waals surface area contributed by atoms with Crippen molar-refractivity contribution in [3.05, 3.63) is 53.1 Å². The monoisotopic (exact) mass is 392 g/mol. The van der Waals surface area contributed by atoms with E-state index in [-0.39, 0.29) is 12.3 Å². The summed E-state index contributed by atoms with van der Waals surface area (Å²) in [5.41, 5.74) is 1.54. The minimum atomic E-state index is -1.04. The molecule has 0 aliphatic carbocycles. The van der Waals surface area contributed by atoms with Gasteiger partial charge in [0.25, 0.3) is 0 Å². The predicted molar refractivity (Wildman–Crippen MR) is 103 cm³/mol. The highest BCUT2D eigenvalue weighted by Crippen LogP contribution is 2.27. The second-order valence-corrected chi connectivity index (χ2v) is 6.06. The second-order valence-electron chi connectivity index (χ2n) is 5.63. The highest BCUT2D eigenvalue weighted by Gasteiger charge is 2.06. The van der Waals surface area contributed by atoms with E-state index >= 15 is 0 Å². The van der Waals surface area contributed by atoms with Crippen LogP contribution in [0.4, 0.5) is 5.69 Å². The predicted octanol–water partition coefficient (Wildman–Crippen LogP) is 2.93. The summed E-state index contributed by atoms with van der Waals surface area (Å²) in [6, 6.07) is 12.1. The Bertz CT molecular complexity index is 797. The van der Waals surface area contributed by atoms with E-state index in [2.05, 4.69) is 10.6 Å². The number of ether oxygens (including phenoxy) is 2. The van der Waals surface area contributed by atoms with Crippen LogP contribution in [0.2, 0.25) is 5.02 Å². The average Bonchev–Trinajstić information content (AvgIpc) is 2.65. The summed E-state index contributed by atoms with van der Waals surface area (Å²) in [6.07, 6.45) is 0.269. The molecule has 0 spiro atoms. The third kappa shape index (κ3) is 7.07. The first-order valence-electron chi connectivity index (χ1n) is 8.25. The number of nitrogens with one attached hydrogen (secondary N) is 2. The van der Waals surface area contributed by atoms with Crippen molar-refractivity contribution in [1.29, 1.82) is 0 Å². The van der Waals surface area contributed by atoms with E-state index in [4.69, 9.17) is 26.2 Å². The minimum Gasteiger partial charge on any atom is -0.495 e. The van der Waals surface area contributed by atoms with E-state index in [1.807, 2.05) is 6.07 Å². The smallest absolute Gasteiger partial charge is 0.341 e. The van der Waals surface area contributed by atoms with Gasteiger partial charge in [-0.25, -0.2) is 4.79 Å². The molecule has 1 amide bonds. The minimum absolute atomic E-state index is 0.125.